The first-order chi connectivity index (χ1) is 7.25. The lowest BCUT2D eigenvalue weighted by molar-refractivity contribution is 0.320. The maximum atomic E-state index is 5.94. The van der Waals surface area contributed by atoms with E-state index in [0.717, 1.165) is 5.65 Å². The molecule has 3 heteroatoms. The van der Waals surface area contributed by atoms with Crippen LogP contribution < -0.4 is 0 Å². The van der Waals surface area contributed by atoms with Crippen LogP contribution in [-0.2, 0) is 0 Å². The van der Waals surface area contributed by atoms with Crippen LogP contribution in [0.3, 0.4) is 0 Å². The highest BCUT2D eigenvalue weighted by atomic mass is 35.5. The zero-order valence-electron chi connectivity index (χ0n) is 8.70. The quantitative estimate of drug-likeness (QED) is 0.670. The number of halogens is 1. The van der Waals surface area contributed by atoms with E-state index < -0.39 is 0 Å². The van der Waals surface area contributed by atoms with Gasteiger partial charge in [0.2, 0.25) is 0 Å². The molecule has 0 atom stereocenters. The fraction of sp³-hybridized carbons (Fsp3) is 0.417. The number of fused-ring (bicyclic) bond motifs is 1. The second-order valence-electron chi connectivity index (χ2n) is 4.31. The van der Waals surface area contributed by atoms with E-state index >= 15 is 0 Å². The molecule has 2 aromatic heterocycles. The average molecular weight is 221 g/mol. The molecule has 0 bridgehead atoms. The van der Waals surface area contributed by atoms with Gasteiger partial charge in [0.25, 0.3) is 0 Å². The number of nitrogens with zero attached hydrogens (tertiary/aromatic N) is 2. The van der Waals surface area contributed by atoms with E-state index in [0.29, 0.717) is 11.2 Å². The number of hydrogen-bond acceptors (Lipinski definition) is 1. The monoisotopic (exact) mass is 220 g/mol. The number of aryl methyl sites for hydroxylation is 1. The Morgan fingerprint density at radius 2 is 2.20 bits per heavy atom. The van der Waals surface area contributed by atoms with Crippen LogP contribution in [0.25, 0.3) is 11.0 Å². The molecule has 0 N–H and O–H groups in total. The third-order valence-electron chi connectivity index (χ3n) is 3.31. The first-order valence-electron chi connectivity index (χ1n) is 5.39. The number of rotatable bonds is 1. The van der Waals surface area contributed by atoms with E-state index in [2.05, 4.69) is 28.7 Å². The minimum absolute atomic E-state index is 0.584. The summed E-state index contributed by atoms with van der Waals surface area (Å²) < 4.78 is 2.29. The van der Waals surface area contributed by atoms with E-state index in [9.17, 15) is 0 Å². The highest BCUT2D eigenvalue weighted by Crippen LogP contribution is 2.35. The van der Waals surface area contributed by atoms with E-state index in [-0.39, 0.29) is 0 Å². The van der Waals surface area contributed by atoms with Gasteiger partial charge in [-0.2, -0.15) is 0 Å². The Hall–Kier alpha value is -1.02. The van der Waals surface area contributed by atoms with Crippen LogP contribution in [0.4, 0.5) is 0 Å². The molecule has 1 aliphatic rings. The Bertz CT molecular complexity index is 512. The Kier molecular flexibility index (Phi) is 1.99. The summed E-state index contributed by atoms with van der Waals surface area (Å²) in [6.07, 6.45) is 6.09. The molecule has 1 saturated carbocycles. The van der Waals surface area contributed by atoms with Crippen LogP contribution in [-0.4, -0.2) is 9.55 Å². The van der Waals surface area contributed by atoms with Crippen molar-refractivity contribution in [3.63, 3.8) is 0 Å². The van der Waals surface area contributed by atoms with Gasteiger partial charge >= 0.3 is 0 Å². The van der Waals surface area contributed by atoms with Crippen molar-refractivity contribution in [1.29, 1.82) is 0 Å². The van der Waals surface area contributed by atoms with E-state index in [1.54, 1.807) is 0 Å². The van der Waals surface area contributed by atoms with E-state index in [4.69, 9.17) is 11.6 Å². The van der Waals surface area contributed by atoms with Crippen LogP contribution in [0.5, 0.6) is 0 Å². The maximum Gasteiger partial charge on any atom is 0.142 e. The van der Waals surface area contributed by atoms with Gasteiger partial charge in [0.1, 0.15) is 10.8 Å². The molecule has 0 aromatic carbocycles. The molecule has 15 heavy (non-hydrogen) atoms. The highest BCUT2D eigenvalue weighted by Gasteiger charge is 2.21. The van der Waals surface area contributed by atoms with Crippen molar-refractivity contribution in [2.45, 2.75) is 32.2 Å². The predicted octanol–water partition coefficient (Wildman–Crippen LogP) is 3.72. The van der Waals surface area contributed by atoms with Crippen LogP contribution in [0.1, 0.15) is 30.9 Å². The number of hydrogen-bond donors (Lipinski definition) is 0. The Morgan fingerprint density at radius 3 is 2.87 bits per heavy atom. The molecule has 2 heterocycles. The lowest BCUT2D eigenvalue weighted by Crippen LogP contribution is -2.16. The molecule has 78 valence electrons. The summed E-state index contributed by atoms with van der Waals surface area (Å²) in [4.78, 5) is 4.43. The van der Waals surface area contributed by atoms with Crippen LogP contribution in [0, 0.1) is 6.92 Å². The topological polar surface area (TPSA) is 17.8 Å². The molecule has 1 aliphatic carbocycles. The molecule has 2 aromatic rings. The standard InChI is InChI=1S/C12H13ClN2/c1-8-7-15(9-3-2-4-9)12-10(8)5-6-11(13)14-12/h5-7,9H,2-4H2,1H3. The molecule has 0 aliphatic heterocycles. The molecule has 0 amide bonds. The second-order valence-corrected chi connectivity index (χ2v) is 4.70. The fourth-order valence-corrected chi connectivity index (χ4v) is 2.36. The minimum Gasteiger partial charge on any atom is -0.329 e. The SMILES string of the molecule is Cc1cn(C2CCC2)c2nc(Cl)ccc12. The molecule has 0 unspecified atom stereocenters. The van der Waals surface area contributed by atoms with Crippen molar-refractivity contribution in [1.82, 2.24) is 9.55 Å². The lowest BCUT2D eigenvalue weighted by atomic mass is 9.93. The van der Waals surface area contributed by atoms with Crippen LogP contribution >= 0.6 is 11.6 Å². The van der Waals surface area contributed by atoms with E-state index in [1.807, 2.05) is 6.07 Å². The first-order valence-corrected chi connectivity index (χ1v) is 5.77. The van der Waals surface area contributed by atoms with Crippen molar-refractivity contribution in [3.05, 3.63) is 29.0 Å². The molecule has 0 spiro atoms. The van der Waals surface area contributed by atoms with Gasteiger partial charge in [-0.05, 0) is 43.9 Å². The third kappa shape index (κ3) is 1.36. The van der Waals surface area contributed by atoms with Crippen molar-refractivity contribution in [2.75, 3.05) is 0 Å². The van der Waals surface area contributed by atoms with Crippen molar-refractivity contribution in [2.24, 2.45) is 0 Å². The molecule has 3 rings (SSSR count). The van der Waals surface area contributed by atoms with E-state index in [1.165, 1.54) is 30.2 Å². The molecule has 0 radical (unpaired) electrons. The maximum absolute atomic E-state index is 5.94. The van der Waals surface area contributed by atoms with Gasteiger partial charge in [0.05, 0.1) is 0 Å². The zero-order chi connectivity index (χ0) is 10.4. The van der Waals surface area contributed by atoms with Crippen molar-refractivity contribution in [3.8, 4) is 0 Å². The number of aromatic nitrogens is 2. The summed E-state index contributed by atoms with van der Waals surface area (Å²) >= 11 is 5.94. The third-order valence-corrected chi connectivity index (χ3v) is 3.52. The van der Waals surface area contributed by atoms with Crippen LogP contribution in [0.2, 0.25) is 5.15 Å². The smallest absolute Gasteiger partial charge is 0.142 e. The zero-order valence-corrected chi connectivity index (χ0v) is 9.46. The van der Waals surface area contributed by atoms with Gasteiger partial charge in [0, 0.05) is 17.6 Å². The lowest BCUT2D eigenvalue weighted by Gasteiger charge is -2.27. The summed E-state index contributed by atoms with van der Waals surface area (Å²) in [5.74, 6) is 0. The van der Waals surface area contributed by atoms with Crippen molar-refractivity contribution >= 4 is 22.6 Å². The Balaban J connectivity index is 2.24. The minimum atomic E-state index is 0.584. The highest BCUT2D eigenvalue weighted by molar-refractivity contribution is 6.29. The largest absolute Gasteiger partial charge is 0.329 e. The first kappa shape index (κ1) is 9.22. The summed E-state index contributed by atoms with van der Waals surface area (Å²) in [5, 5.41) is 1.81. The molecule has 2 nitrogen and oxygen atoms in total. The molecular weight excluding hydrogens is 208 g/mol. The number of pyridine rings is 1. The molecule has 0 saturated heterocycles. The van der Waals surface area contributed by atoms with Gasteiger partial charge in [0.15, 0.2) is 0 Å². The van der Waals surface area contributed by atoms with Gasteiger partial charge in [-0.15, -0.1) is 0 Å². The summed E-state index contributed by atoms with van der Waals surface area (Å²) in [7, 11) is 0. The van der Waals surface area contributed by atoms with Crippen molar-refractivity contribution < 1.29 is 0 Å². The predicted molar refractivity (Wildman–Crippen MR) is 62.4 cm³/mol. The van der Waals surface area contributed by atoms with Crippen LogP contribution in [0.15, 0.2) is 18.3 Å². The Morgan fingerprint density at radius 1 is 1.40 bits per heavy atom. The molecule has 1 fully saturated rings. The second kappa shape index (κ2) is 3.24. The van der Waals surface area contributed by atoms with Gasteiger partial charge in [-0.3, -0.25) is 0 Å². The average Bonchev–Trinajstić information content (AvgIpc) is 2.41. The Labute approximate surface area is 93.9 Å². The van der Waals surface area contributed by atoms with Gasteiger partial charge in [-0.1, -0.05) is 11.6 Å². The van der Waals surface area contributed by atoms with Gasteiger partial charge in [-0.25, -0.2) is 4.98 Å². The normalized spacial score (nSPS) is 16.9. The molecular formula is C12H13ClN2. The van der Waals surface area contributed by atoms with Gasteiger partial charge < -0.3 is 4.57 Å². The fourth-order valence-electron chi connectivity index (χ4n) is 2.21. The summed E-state index contributed by atoms with van der Waals surface area (Å²) in [5.41, 5.74) is 2.34. The summed E-state index contributed by atoms with van der Waals surface area (Å²) in [6, 6.07) is 4.57. The summed E-state index contributed by atoms with van der Waals surface area (Å²) in [6.45, 7) is 2.13.